The van der Waals surface area contributed by atoms with Crippen molar-refractivity contribution in [3.05, 3.63) is 35.5 Å². The molecule has 1 unspecified atom stereocenters. The molecule has 1 aromatic carbocycles. The molecular formula is C15H13ClF4N2O3. The zero-order valence-electron chi connectivity index (χ0n) is 12.6. The Kier molecular flexibility index (Phi) is 5.56. The molecule has 2 N–H and O–H groups in total. The van der Waals surface area contributed by atoms with E-state index in [4.69, 9.17) is 21.5 Å². The number of carboxylic acids is 1. The van der Waals surface area contributed by atoms with Crippen molar-refractivity contribution in [3.63, 3.8) is 0 Å². The lowest BCUT2D eigenvalue weighted by molar-refractivity contribution is -0.192. The largest absolute Gasteiger partial charge is 0.490 e. The lowest BCUT2D eigenvalue weighted by atomic mass is 10.0. The molecule has 0 spiro atoms. The average molecular weight is 381 g/mol. The SMILES string of the molecule is O=C(C(F)Cl)N1CCc2c([nH]c3ccccc23)C1.O=C(O)C(F)(F)F. The maximum Gasteiger partial charge on any atom is 0.490 e. The van der Waals surface area contributed by atoms with Crippen LogP contribution in [-0.2, 0) is 22.6 Å². The average Bonchev–Trinajstić information content (AvgIpc) is 2.91. The van der Waals surface area contributed by atoms with E-state index in [0.717, 1.165) is 17.6 Å². The fourth-order valence-electron chi connectivity index (χ4n) is 2.52. The van der Waals surface area contributed by atoms with Crippen molar-refractivity contribution in [2.45, 2.75) is 24.8 Å². The lowest BCUT2D eigenvalue weighted by Crippen LogP contribution is -2.39. The van der Waals surface area contributed by atoms with Gasteiger partial charge < -0.3 is 15.0 Å². The molecule has 3 rings (SSSR count). The Bertz CT molecular complexity index is 789. The molecule has 10 heteroatoms. The van der Waals surface area contributed by atoms with Gasteiger partial charge in [0.15, 0.2) is 0 Å². The maximum atomic E-state index is 12.8. The van der Waals surface area contributed by atoms with E-state index >= 15 is 0 Å². The molecule has 2 heterocycles. The summed E-state index contributed by atoms with van der Waals surface area (Å²) in [5.74, 6) is -3.41. The van der Waals surface area contributed by atoms with Crippen LogP contribution in [0.1, 0.15) is 11.3 Å². The van der Waals surface area contributed by atoms with Gasteiger partial charge in [-0.2, -0.15) is 13.2 Å². The van der Waals surface area contributed by atoms with E-state index < -0.39 is 23.7 Å². The molecule has 0 saturated carbocycles. The number of carbonyl (C=O) groups excluding carboxylic acids is 1. The Balaban J connectivity index is 0.000000277. The summed E-state index contributed by atoms with van der Waals surface area (Å²) in [6.07, 6.45) is -4.35. The minimum Gasteiger partial charge on any atom is -0.475 e. The third-order valence-corrected chi connectivity index (χ3v) is 3.81. The van der Waals surface area contributed by atoms with E-state index in [-0.39, 0.29) is 0 Å². The van der Waals surface area contributed by atoms with Gasteiger partial charge >= 0.3 is 12.1 Å². The van der Waals surface area contributed by atoms with Crippen LogP contribution in [-0.4, -0.2) is 45.2 Å². The number of amides is 1. The Morgan fingerprint density at radius 2 is 1.88 bits per heavy atom. The number of alkyl halides is 5. The summed E-state index contributed by atoms with van der Waals surface area (Å²) in [4.78, 5) is 25.2. The van der Waals surface area contributed by atoms with Crippen molar-refractivity contribution in [3.8, 4) is 0 Å². The molecule has 25 heavy (non-hydrogen) atoms. The number of nitrogens with one attached hydrogen (secondary N) is 1. The van der Waals surface area contributed by atoms with E-state index in [1.165, 1.54) is 15.8 Å². The summed E-state index contributed by atoms with van der Waals surface area (Å²) >= 11 is 5.20. The molecule has 1 atom stereocenters. The van der Waals surface area contributed by atoms with E-state index in [9.17, 15) is 22.4 Å². The topological polar surface area (TPSA) is 73.4 Å². The number of hydrogen-bond acceptors (Lipinski definition) is 2. The van der Waals surface area contributed by atoms with Gasteiger partial charge in [0.05, 0.1) is 6.54 Å². The van der Waals surface area contributed by atoms with Crippen LogP contribution in [0.4, 0.5) is 17.6 Å². The van der Waals surface area contributed by atoms with Crippen molar-refractivity contribution in [1.29, 1.82) is 0 Å². The highest BCUT2D eigenvalue weighted by Crippen LogP contribution is 2.27. The molecule has 1 aromatic heterocycles. The van der Waals surface area contributed by atoms with Crippen molar-refractivity contribution in [2.24, 2.45) is 0 Å². The minimum absolute atomic E-state index is 0.399. The van der Waals surface area contributed by atoms with Gasteiger partial charge in [0.2, 0.25) is 0 Å². The van der Waals surface area contributed by atoms with E-state index in [0.29, 0.717) is 13.1 Å². The van der Waals surface area contributed by atoms with Crippen LogP contribution in [0.3, 0.4) is 0 Å². The van der Waals surface area contributed by atoms with Gasteiger partial charge in [-0.05, 0) is 18.1 Å². The fourth-order valence-corrected chi connectivity index (χ4v) is 2.66. The summed E-state index contributed by atoms with van der Waals surface area (Å²) in [5, 5.41) is 8.31. The highest BCUT2D eigenvalue weighted by atomic mass is 35.5. The fraction of sp³-hybridized carbons (Fsp3) is 0.333. The summed E-state index contributed by atoms with van der Waals surface area (Å²) in [5.41, 5.74) is 1.31. The smallest absolute Gasteiger partial charge is 0.475 e. The highest BCUT2D eigenvalue weighted by molar-refractivity contribution is 6.29. The number of halogens is 5. The number of para-hydroxylation sites is 1. The maximum absolute atomic E-state index is 12.8. The lowest BCUT2D eigenvalue weighted by Gasteiger charge is -2.27. The number of nitrogens with zero attached hydrogens (tertiary/aromatic N) is 1. The summed E-state index contributed by atoms with van der Waals surface area (Å²) in [7, 11) is 0. The number of aromatic nitrogens is 1. The number of aromatic amines is 1. The second-order valence-electron chi connectivity index (χ2n) is 5.24. The first-order valence-electron chi connectivity index (χ1n) is 7.06. The van der Waals surface area contributed by atoms with Crippen LogP contribution in [0.5, 0.6) is 0 Å². The Morgan fingerprint density at radius 3 is 2.44 bits per heavy atom. The number of carbonyl (C=O) groups is 2. The van der Waals surface area contributed by atoms with Gasteiger partial charge in [-0.3, -0.25) is 4.79 Å². The molecule has 0 radical (unpaired) electrons. The summed E-state index contributed by atoms with van der Waals surface area (Å²) in [6.45, 7) is 0.913. The van der Waals surface area contributed by atoms with Crippen LogP contribution in [0.2, 0.25) is 0 Å². The van der Waals surface area contributed by atoms with Crippen LogP contribution in [0, 0.1) is 0 Å². The van der Waals surface area contributed by atoms with E-state index in [1.807, 2.05) is 18.2 Å². The Hall–Kier alpha value is -2.29. The zero-order chi connectivity index (χ0) is 18.8. The Morgan fingerprint density at radius 1 is 1.28 bits per heavy atom. The van der Waals surface area contributed by atoms with Gasteiger partial charge in [-0.1, -0.05) is 29.8 Å². The van der Waals surface area contributed by atoms with Gasteiger partial charge in [0.25, 0.3) is 11.5 Å². The molecule has 1 amide bonds. The molecule has 2 aromatic rings. The molecule has 0 fully saturated rings. The zero-order valence-corrected chi connectivity index (χ0v) is 13.4. The van der Waals surface area contributed by atoms with Crippen molar-refractivity contribution in [1.82, 2.24) is 9.88 Å². The summed E-state index contributed by atoms with van der Waals surface area (Å²) in [6, 6.07) is 8.01. The second-order valence-corrected chi connectivity index (χ2v) is 5.62. The van der Waals surface area contributed by atoms with Crippen LogP contribution in [0.25, 0.3) is 10.9 Å². The number of H-pyrrole nitrogens is 1. The third kappa shape index (κ3) is 4.41. The van der Waals surface area contributed by atoms with Crippen molar-refractivity contribution >= 4 is 34.4 Å². The quantitative estimate of drug-likeness (QED) is 0.589. The second kappa shape index (κ2) is 7.30. The number of rotatable bonds is 1. The van der Waals surface area contributed by atoms with E-state index in [2.05, 4.69) is 11.1 Å². The number of fused-ring (bicyclic) bond motifs is 3. The van der Waals surface area contributed by atoms with Gasteiger partial charge in [0.1, 0.15) is 0 Å². The number of benzene rings is 1. The first-order chi connectivity index (χ1) is 11.6. The molecule has 0 saturated heterocycles. The van der Waals surface area contributed by atoms with Crippen molar-refractivity contribution in [2.75, 3.05) is 6.54 Å². The molecule has 0 bridgehead atoms. The monoisotopic (exact) mass is 380 g/mol. The summed E-state index contributed by atoms with van der Waals surface area (Å²) < 4.78 is 44.6. The molecule has 1 aliphatic heterocycles. The number of hydrogen-bond donors (Lipinski definition) is 2. The number of aliphatic carboxylic acids is 1. The molecule has 0 aliphatic carbocycles. The van der Waals surface area contributed by atoms with Crippen LogP contribution >= 0.6 is 11.6 Å². The van der Waals surface area contributed by atoms with Gasteiger partial charge in [-0.15, -0.1) is 0 Å². The predicted molar refractivity (Wildman–Crippen MR) is 81.9 cm³/mol. The van der Waals surface area contributed by atoms with Crippen LogP contribution < -0.4 is 0 Å². The normalized spacial score (nSPS) is 15.2. The van der Waals surface area contributed by atoms with Gasteiger partial charge in [0, 0.05) is 23.1 Å². The highest BCUT2D eigenvalue weighted by Gasteiger charge is 2.38. The van der Waals surface area contributed by atoms with Crippen molar-refractivity contribution < 1.29 is 32.3 Å². The van der Waals surface area contributed by atoms with Gasteiger partial charge in [-0.25, -0.2) is 9.18 Å². The molecular weight excluding hydrogens is 368 g/mol. The van der Waals surface area contributed by atoms with E-state index in [1.54, 1.807) is 0 Å². The Labute approximate surface area is 144 Å². The number of carboxylic acid groups (broad SMARTS) is 1. The predicted octanol–water partition coefficient (Wildman–Crippen LogP) is 3.22. The molecule has 136 valence electrons. The first kappa shape index (κ1) is 19.0. The third-order valence-electron chi connectivity index (χ3n) is 3.62. The van der Waals surface area contributed by atoms with Crippen LogP contribution in [0.15, 0.2) is 24.3 Å². The molecule has 1 aliphatic rings. The first-order valence-corrected chi connectivity index (χ1v) is 7.50. The molecule has 5 nitrogen and oxygen atoms in total. The standard InChI is InChI=1S/C13H12ClFN2O.C2HF3O2/c14-12(15)13(18)17-6-5-9-8-3-1-2-4-10(8)16-11(9)7-17;3-2(4,5)1(6)7/h1-4,12,16H,5-7H2;(H,6,7). The minimum atomic E-state index is -5.08.